The average molecular weight is 173 g/mol. The molecule has 2 N–H and O–H groups in total. The van der Waals surface area contributed by atoms with Crippen LogP contribution in [0.5, 0.6) is 0 Å². The lowest BCUT2D eigenvalue weighted by molar-refractivity contribution is -0.205. The molecular formula is C3H2F3NO4. The summed E-state index contributed by atoms with van der Waals surface area (Å²) >= 11 is 0. The van der Waals surface area contributed by atoms with Gasteiger partial charge in [0.25, 0.3) is 0 Å². The van der Waals surface area contributed by atoms with E-state index in [1.54, 1.807) is 0 Å². The van der Waals surface area contributed by atoms with Crippen LogP contribution in [0.4, 0.5) is 18.0 Å². The van der Waals surface area contributed by atoms with Crippen molar-refractivity contribution < 1.29 is 32.7 Å². The van der Waals surface area contributed by atoms with Gasteiger partial charge in [-0.05, 0) is 0 Å². The van der Waals surface area contributed by atoms with E-state index >= 15 is 0 Å². The first kappa shape index (κ1) is 9.53. The van der Waals surface area contributed by atoms with Crippen LogP contribution >= 0.6 is 0 Å². The second-order valence-electron chi connectivity index (χ2n) is 1.29. The SMILES string of the molecule is O=C(O)NOC(=O)C(F)(F)F. The molecule has 0 aromatic rings. The smallest absolute Gasteiger partial charge is 0.463 e. The third kappa shape index (κ3) is 4.00. The Hall–Kier alpha value is -1.47. The van der Waals surface area contributed by atoms with Gasteiger partial charge in [-0.1, -0.05) is 0 Å². The zero-order chi connectivity index (χ0) is 9.07. The Kier molecular flexibility index (Phi) is 2.67. The Bertz CT molecular complexity index is 176. The third-order valence-corrected chi connectivity index (χ3v) is 0.462. The summed E-state index contributed by atoms with van der Waals surface area (Å²) in [6.07, 6.45) is -7.08. The highest BCUT2D eigenvalue weighted by molar-refractivity contribution is 5.77. The van der Waals surface area contributed by atoms with Gasteiger partial charge in [0, 0.05) is 0 Å². The van der Waals surface area contributed by atoms with Gasteiger partial charge < -0.3 is 9.94 Å². The molecule has 0 saturated carbocycles. The van der Waals surface area contributed by atoms with Crippen LogP contribution in [0.15, 0.2) is 0 Å². The molecule has 1 amide bonds. The molecule has 0 fully saturated rings. The molecule has 5 nitrogen and oxygen atoms in total. The van der Waals surface area contributed by atoms with Crippen LogP contribution in [-0.2, 0) is 9.63 Å². The summed E-state index contributed by atoms with van der Waals surface area (Å²) in [5.41, 5.74) is 0.799. The maximum absolute atomic E-state index is 11.2. The Morgan fingerprint density at radius 3 is 2.09 bits per heavy atom. The number of amides is 1. The lowest BCUT2D eigenvalue weighted by Gasteiger charge is -2.03. The van der Waals surface area contributed by atoms with Crippen molar-refractivity contribution in [3.05, 3.63) is 0 Å². The molecule has 11 heavy (non-hydrogen) atoms. The highest BCUT2D eigenvalue weighted by atomic mass is 19.4. The van der Waals surface area contributed by atoms with E-state index in [2.05, 4.69) is 4.84 Å². The molecule has 0 aliphatic rings. The van der Waals surface area contributed by atoms with Gasteiger partial charge in [-0.3, -0.25) is 0 Å². The van der Waals surface area contributed by atoms with Gasteiger partial charge in [-0.25, -0.2) is 9.59 Å². The summed E-state index contributed by atoms with van der Waals surface area (Å²) in [7, 11) is 0. The Morgan fingerprint density at radius 1 is 1.36 bits per heavy atom. The molecule has 0 aliphatic carbocycles. The molecule has 0 saturated heterocycles. The number of alkyl halides is 3. The Labute approximate surface area is 57.7 Å². The molecule has 0 heterocycles. The van der Waals surface area contributed by atoms with Gasteiger partial charge >= 0.3 is 18.2 Å². The maximum Gasteiger partial charge on any atom is 0.493 e. The van der Waals surface area contributed by atoms with E-state index in [9.17, 15) is 22.8 Å². The van der Waals surface area contributed by atoms with Gasteiger partial charge in [0.15, 0.2) is 0 Å². The number of carbonyl (C=O) groups is 2. The van der Waals surface area contributed by atoms with Crippen molar-refractivity contribution in [2.45, 2.75) is 6.18 Å². The predicted molar refractivity (Wildman–Crippen MR) is 23.3 cm³/mol. The van der Waals surface area contributed by atoms with Crippen molar-refractivity contribution in [1.82, 2.24) is 5.48 Å². The van der Waals surface area contributed by atoms with Gasteiger partial charge in [0.05, 0.1) is 0 Å². The quantitative estimate of drug-likeness (QED) is 0.515. The van der Waals surface area contributed by atoms with E-state index in [-0.39, 0.29) is 0 Å². The van der Waals surface area contributed by atoms with E-state index in [0.717, 1.165) is 5.48 Å². The van der Waals surface area contributed by atoms with Crippen molar-refractivity contribution >= 4 is 12.1 Å². The molecule has 64 valence electrons. The Balaban J connectivity index is 3.80. The zero-order valence-electron chi connectivity index (χ0n) is 4.81. The first-order valence-electron chi connectivity index (χ1n) is 2.11. The average Bonchev–Trinajstić information content (AvgIpc) is 1.80. The molecule has 0 unspecified atom stereocenters. The lowest BCUT2D eigenvalue weighted by Crippen LogP contribution is -2.33. The van der Waals surface area contributed by atoms with E-state index < -0.39 is 18.2 Å². The number of halogens is 3. The standard InChI is InChI=1S/C3H2F3NO4/c4-3(5,6)1(8)11-7-2(9)10/h7H,(H,9,10). The van der Waals surface area contributed by atoms with Crippen molar-refractivity contribution in [3.63, 3.8) is 0 Å². The minimum Gasteiger partial charge on any atom is -0.463 e. The number of carbonyl (C=O) groups excluding carboxylic acids is 1. The van der Waals surface area contributed by atoms with Crippen LogP contribution in [0.3, 0.4) is 0 Å². The molecule has 0 radical (unpaired) electrons. The van der Waals surface area contributed by atoms with Crippen molar-refractivity contribution in [2.75, 3.05) is 0 Å². The van der Waals surface area contributed by atoms with Crippen LogP contribution in [-0.4, -0.2) is 23.3 Å². The highest BCUT2D eigenvalue weighted by Crippen LogP contribution is 2.15. The fraction of sp³-hybridized carbons (Fsp3) is 0.333. The molecule has 0 atom stereocenters. The molecule has 0 rings (SSSR count). The zero-order valence-corrected chi connectivity index (χ0v) is 4.81. The number of rotatable bonds is 0. The van der Waals surface area contributed by atoms with Crippen LogP contribution in [0, 0.1) is 0 Å². The summed E-state index contributed by atoms with van der Waals surface area (Å²) in [5, 5.41) is 7.67. The van der Waals surface area contributed by atoms with Crippen LogP contribution < -0.4 is 5.48 Å². The normalized spacial score (nSPS) is 10.5. The number of hydroxylamine groups is 1. The number of hydrogen-bond donors (Lipinski definition) is 2. The number of nitrogens with one attached hydrogen (secondary N) is 1. The molecule has 8 heteroatoms. The van der Waals surface area contributed by atoms with Crippen LogP contribution in [0.2, 0.25) is 0 Å². The van der Waals surface area contributed by atoms with Crippen LogP contribution in [0.1, 0.15) is 0 Å². The predicted octanol–water partition coefficient (Wildman–Crippen LogP) is 0.274. The topological polar surface area (TPSA) is 75.6 Å². The molecule has 0 aromatic carbocycles. The van der Waals surface area contributed by atoms with Crippen molar-refractivity contribution in [3.8, 4) is 0 Å². The van der Waals surface area contributed by atoms with Crippen molar-refractivity contribution in [1.29, 1.82) is 0 Å². The number of hydrogen-bond acceptors (Lipinski definition) is 3. The molecule has 0 spiro atoms. The largest absolute Gasteiger partial charge is 0.493 e. The highest BCUT2D eigenvalue weighted by Gasteiger charge is 2.41. The monoisotopic (exact) mass is 173 g/mol. The third-order valence-electron chi connectivity index (χ3n) is 0.462. The van der Waals surface area contributed by atoms with Crippen molar-refractivity contribution in [2.24, 2.45) is 0 Å². The van der Waals surface area contributed by atoms with E-state index in [4.69, 9.17) is 5.11 Å². The van der Waals surface area contributed by atoms with E-state index in [1.165, 1.54) is 0 Å². The lowest BCUT2D eigenvalue weighted by atomic mass is 10.7. The summed E-state index contributed by atoms with van der Waals surface area (Å²) in [6.45, 7) is 0. The second-order valence-corrected chi connectivity index (χ2v) is 1.29. The fourth-order valence-corrected chi connectivity index (χ4v) is 0.148. The molecular weight excluding hydrogens is 171 g/mol. The summed E-state index contributed by atoms with van der Waals surface area (Å²) < 4.78 is 33.6. The van der Waals surface area contributed by atoms with Gasteiger partial charge in [-0.2, -0.15) is 13.2 Å². The van der Waals surface area contributed by atoms with Crippen LogP contribution in [0.25, 0.3) is 0 Å². The van der Waals surface area contributed by atoms with E-state index in [0.29, 0.717) is 0 Å². The minimum atomic E-state index is -5.19. The second kappa shape index (κ2) is 3.08. The first-order valence-corrected chi connectivity index (χ1v) is 2.11. The fourth-order valence-electron chi connectivity index (χ4n) is 0.148. The summed E-state index contributed by atoms with van der Waals surface area (Å²) in [5.74, 6) is -2.61. The van der Waals surface area contributed by atoms with Gasteiger partial charge in [0.1, 0.15) is 0 Å². The van der Waals surface area contributed by atoms with Gasteiger partial charge in [-0.15, -0.1) is 5.48 Å². The minimum absolute atomic E-state index is 0.799. The molecule has 0 aliphatic heterocycles. The van der Waals surface area contributed by atoms with Gasteiger partial charge in [0.2, 0.25) is 0 Å². The first-order chi connectivity index (χ1) is 4.84. The summed E-state index contributed by atoms with van der Waals surface area (Å²) in [6, 6.07) is 0. The summed E-state index contributed by atoms with van der Waals surface area (Å²) in [4.78, 5) is 22.2. The Morgan fingerprint density at radius 2 is 1.82 bits per heavy atom. The maximum atomic E-state index is 11.2. The molecule has 0 bridgehead atoms. The number of carboxylic acid groups (broad SMARTS) is 1. The van der Waals surface area contributed by atoms with E-state index in [1.807, 2.05) is 0 Å². The molecule has 0 aromatic heterocycles.